The number of carbonyl (C=O) groups is 1. The van der Waals surface area contributed by atoms with Crippen LogP contribution in [0.1, 0.15) is 32.6 Å². The van der Waals surface area contributed by atoms with Gasteiger partial charge >= 0.3 is 5.97 Å². The van der Waals surface area contributed by atoms with Gasteiger partial charge in [0.15, 0.2) is 0 Å². The van der Waals surface area contributed by atoms with Crippen LogP contribution in [0.3, 0.4) is 0 Å². The highest BCUT2D eigenvalue weighted by atomic mass is 16.5. The first kappa shape index (κ1) is 16.4. The first-order chi connectivity index (χ1) is 9.26. The molecule has 112 valence electrons. The van der Waals surface area contributed by atoms with Gasteiger partial charge in [0.2, 0.25) is 0 Å². The normalized spacial score (nSPS) is 17.6. The molecule has 0 aromatic carbocycles. The number of β-amino-alcohol motifs (C(OH)–C–C–N with tert-alkyl or cyclic N) is 1. The van der Waals surface area contributed by atoms with E-state index >= 15 is 0 Å². The number of hydrogen-bond donors (Lipinski definition) is 1. The molecular formula is C14H28N2O3. The molecule has 0 aliphatic carbocycles. The second-order valence-corrected chi connectivity index (χ2v) is 5.12. The summed E-state index contributed by atoms with van der Waals surface area (Å²) in [6.45, 7) is 7.67. The molecule has 0 unspecified atom stereocenters. The van der Waals surface area contributed by atoms with Crippen LogP contribution in [0, 0.1) is 0 Å². The van der Waals surface area contributed by atoms with E-state index in [1.807, 2.05) is 0 Å². The van der Waals surface area contributed by atoms with E-state index in [0.717, 1.165) is 45.6 Å². The molecule has 5 nitrogen and oxygen atoms in total. The zero-order valence-electron chi connectivity index (χ0n) is 12.1. The summed E-state index contributed by atoms with van der Waals surface area (Å²) >= 11 is 0. The maximum absolute atomic E-state index is 11.6. The first-order valence-corrected chi connectivity index (χ1v) is 7.47. The fourth-order valence-electron chi connectivity index (χ4n) is 2.26. The number of unbranched alkanes of at least 4 members (excludes halogenated alkanes) is 3. The van der Waals surface area contributed by atoms with Crippen molar-refractivity contribution in [3.63, 3.8) is 0 Å². The van der Waals surface area contributed by atoms with E-state index in [-0.39, 0.29) is 12.6 Å². The Bertz CT molecular complexity index is 241. The van der Waals surface area contributed by atoms with Crippen molar-refractivity contribution in [3.8, 4) is 0 Å². The highest BCUT2D eigenvalue weighted by molar-refractivity contribution is 5.71. The Hall–Kier alpha value is -0.650. The first-order valence-electron chi connectivity index (χ1n) is 7.47. The predicted octanol–water partition coefficient (Wildman–Crippen LogP) is 0.720. The van der Waals surface area contributed by atoms with Crippen molar-refractivity contribution in [1.82, 2.24) is 9.80 Å². The minimum atomic E-state index is -0.105. The number of ether oxygens (including phenoxy) is 1. The van der Waals surface area contributed by atoms with Crippen LogP contribution in [0.25, 0.3) is 0 Å². The topological polar surface area (TPSA) is 53.0 Å². The second kappa shape index (κ2) is 10.2. The van der Waals surface area contributed by atoms with E-state index < -0.39 is 0 Å². The lowest BCUT2D eigenvalue weighted by molar-refractivity contribution is -0.145. The average molecular weight is 272 g/mol. The second-order valence-electron chi connectivity index (χ2n) is 5.12. The van der Waals surface area contributed by atoms with E-state index in [0.29, 0.717) is 13.2 Å². The quantitative estimate of drug-likeness (QED) is 0.495. The Morgan fingerprint density at radius 3 is 2.42 bits per heavy atom. The van der Waals surface area contributed by atoms with Crippen LogP contribution in [0.5, 0.6) is 0 Å². The monoisotopic (exact) mass is 272 g/mol. The third-order valence-corrected chi connectivity index (χ3v) is 3.49. The smallest absolute Gasteiger partial charge is 0.320 e. The van der Waals surface area contributed by atoms with Crippen molar-refractivity contribution in [3.05, 3.63) is 0 Å². The van der Waals surface area contributed by atoms with E-state index in [1.54, 1.807) is 0 Å². The summed E-state index contributed by atoms with van der Waals surface area (Å²) in [4.78, 5) is 16.0. The van der Waals surface area contributed by atoms with Crippen LogP contribution in [0.4, 0.5) is 0 Å². The molecule has 19 heavy (non-hydrogen) atoms. The van der Waals surface area contributed by atoms with Crippen molar-refractivity contribution >= 4 is 5.97 Å². The lowest BCUT2D eigenvalue weighted by atomic mass is 10.2. The fourth-order valence-corrected chi connectivity index (χ4v) is 2.26. The van der Waals surface area contributed by atoms with Crippen molar-refractivity contribution in [1.29, 1.82) is 0 Å². The van der Waals surface area contributed by atoms with Gasteiger partial charge in [0.25, 0.3) is 0 Å². The average Bonchev–Trinajstić information content (AvgIpc) is 2.41. The number of piperazine rings is 1. The lowest BCUT2D eigenvalue weighted by Crippen LogP contribution is -2.48. The van der Waals surface area contributed by atoms with E-state index in [9.17, 15) is 4.79 Å². The molecule has 1 saturated heterocycles. The molecule has 5 heteroatoms. The van der Waals surface area contributed by atoms with Gasteiger partial charge in [-0.1, -0.05) is 26.2 Å². The van der Waals surface area contributed by atoms with Crippen molar-refractivity contribution < 1.29 is 14.6 Å². The van der Waals surface area contributed by atoms with Gasteiger partial charge in [0, 0.05) is 32.7 Å². The Kier molecular flexibility index (Phi) is 8.79. The van der Waals surface area contributed by atoms with Crippen molar-refractivity contribution in [2.45, 2.75) is 32.6 Å². The highest BCUT2D eigenvalue weighted by Crippen LogP contribution is 2.02. The predicted molar refractivity (Wildman–Crippen MR) is 75.1 cm³/mol. The maximum atomic E-state index is 11.6. The summed E-state index contributed by atoms with van der Waals surface area (Å²) in [6, 6.07) is 0. The van der Waals surface area contributed by atoms with Crippen molar-refractivity contribution in [2.24, 2.45) is 0 Å². The van der Waals surface area contributed by atoms with Gasteiger partial charge < -0.3 is 9.84 Å². The van der Waals surface area contributed by atoms with Gasteiger partial charge in [-0.25, -0.2) is 0 Å². The molecule has 1 rings (SSSR count). The van der Waals surface area contributed by atoms with Crippen LogP contribution in [0.15, 0.2) is 0 Å². The van der Waals surface area contributed by atoms with E-state index in [1.165, 1.54) is 12.8 Å². The van der Waals surface area contributed by atoms with Gasteiger partial charge in [-0.05, 0) is 6.42 Å². The van der Waals surface area contributed by atoms with Gasteiger partial charge in [-0.3, -0.25) is 14.6 Å². The summed E-state index contributed by atoms with van der Waals surface area (Å²) in [7, 11) is 0. The van der Waals surface area contributed by atoms with Gasteiger partial charge in [-0.2, -0.15) is 0 Å². The highest BCUT2D eigenvalue weighted by Gasteiger charge is 2.18. The van der Waals surface area contributed by atoms with Gasteiger partial charge in [0.05, 0.1) is 19.8 Å². The summed E-state index contributed by atoms with van der Waals surface area (Å²) in [5.41, 5.74) is 0. The molecular weight excluding hydrogens is 244 g/mol. The Morgan fingerprint density at radius 2 is 1.79 bits per heavy atom. The number of nitrogens with zero attached hydrogens (tertiary/aromatic N) is 2. The lowest BCUT2D eigenvalue weighted by Gasteiger charge is -2.33. The van der Waals surface area contributed by atoms with Crippen LogP contribution in [-0.4, -0.2) is 73.4 Å². The molecule has 0 saturated carbocycles. The summed E-state index contributed by atoms with van der Waals surface area (Å²) in [6.07, 6.45) is 4.53. The minimum Gasteiger partial charge on any atom is -0.465 e. The molecule has 0 aromatic rings. The zero-order chi connectivity index (χ0) is 13.9. The standard InChI is InChI=1S/C14H28N2O3/c1-2-3-4-5-12-19-14(18)13-16-8-6-15(7-9-16)10-11-17/h17H,2-13H2,1H3. The van der Waals surface area contributed by atoms with Crippen LogP contribution < -0.4 is 0 Å². The van der Waals surface area contributed by atoms with Crippen LogP contribution >= 0.6 is 0 Å². The Balaban J connectivity index is 2.03. The van der Waals surface area contributed by atoms with Crippen LogP contribution in [-0.2, 0) is 9.53 Å². The molecule has 1 aliphatic rings. The van der Waals surface area contributed by atoms with Crippen LogP contribution in [0.2, 0.25) is 0 Å². The molecule has 0 radical (unpaired) electrons. The Labute approximate surface area is 116 Å². The van der Waals surface area contributed by atoms with E-state index in [2.05, 4.69) is 16.7 Å². The minimum absolute atomic E-state index is 0.105. The van der Waals surface area contributed by atoms with Crippen molar-refractivity contribution in [2.75, 3.05) is 52.5 Å². The number of rotatable bonds is 9. The zero-order valence-corrected chi connectivity index (χ0v) is 12.1. The molecule has 0 amide bonds. The molecule has 0 bridgehead atoms. The molecule has 1 aliphatic heterocycles. The van der Waals surface area contributed by atoms with Gasteiger partial charge in [-0.15, -0.1) is 0 Å². The molecule has 1 heterocycles. The number of aliphatic hydroxyl groups is 1. The third kappa shape index (κ3) is 7.50. The summed E-state index contributed by atoms with van der Waals surface area (Å²) < 4.78 is 5.23. The largest absolute Gasteiger partial charge is 0.465 e. The Morgan fingerprint density at radius 1 is 1.11 bits per heavy atom. The SMILES string of the molecule is CCCCCCOC(=O)CN1CCN(CCO)CC1. The number of esters is 1. The number of aliphatic hydroxyl groups excluding tert-OH is 1. The third-order valence-electron chi connectivity index (χ3n) is 3.49. The van der Waals surface area contributed by atoms with Gasteiger partial charge in [0.1, 0.15) is 0 Å². The molecule has 0 spiro atoms. The number of hydrogen-bond acceptors (Lipinski definition) is 5. The molecule has 1 fully saturated rings. The molecule has 0 atom stereocenters. The fraction of sp³-hybridized carbons (Fsp3) is 0.929. The summed E-state index contributed by atoms with van der Waals surface area (Å²) in [5.74, 6) is -0.105. The van der Waals surface area contributed by atoms with E-state index in [4.69, 9.17) is 9.84 Å². The molecule has 0 aromatic heterocycles. The maximum Gasteiger partial charge on any atom is 0.320 e. The molecule has 1 N–H and O–H groups in total. The summed E-state index contributed by atoms with van der Waals surface area (Å²) in [5, 5.41) is 8.86. The number of carbonyl (C=O) groups excluding carboxylic acids is 1.